The van der Waals surface area contributed by atoms with Crippen molar-refractivity contribution in [2.75, 3.05) is 24.6 Å². The summed E-state index contributed by atoms with van der Waals surface area (Å²) >= 11 is 0. The predicted molar refractivity (Wildman–Crippen MR) is 118 cm³/mol. The first-order chi connectivity index (χ1) is 14.4. The first-order valence-electron chi connectivity index (χ1n) is 11.7. The molecule has 0 unspecified atom stereocenters. The average molecular weight is 413 g/mol. The number of anilines is 1. The van der Waals surface area contributed by atoms with Crippen molar-refractivity contribution in [3.8, 4) is 0 Å². The smallest absolute Gasteiger partial charge is 0.338 e. The third-order valence-corrected chi connectivity index (χ3v) is 7.95. The maximum Gasteiger partial charge on any atom is 0.338 e. The van der Waals surface area contributed by atoms with Crippen LogP contribution in [0, 0.1) is 23.2 Å². The highest BCUT2D eigenvalue weighted by Crippen LogP contribution is 2.61. The molecule has 1 atom stereocenters. The quantitative estimate of drug-likeness (QED) is 0.643. The number of ether oxygens (including phenoxy) is 1. The van der Waals surface area contributed by atoms with Crippen molar-refractivity contribution in [1.29, 1.82) is 0 Å². The zero-order valence-electron chi connectivity index (χ0n) is 18.7. The van der Waals surface area contributed by atoms with E-state index < -0.39 is 5.97 Å². The SMILES string of the molecule is CCN(CC)c1ccc(C(=O)OCC(=O)N[C@@H](C)C23CC4CC(CC(C4)C2)C3)cc1. The molecule has 0 aromatic heterocycles. The minimum absolute atomic E-state index is 0.144. The van der Waals surface area contributed by atoms with Crippen molar-refractivity contribution in [3.63, 3.8) is 0 Å². The largest absolute Gasteiger partial charge is 0.452 e. The Morgan fingerprint density at radius 3 is 2.07 bits per heavy atom. The van der Waals surface area contributed by atoms with E-state index >= 15 is 0 Å². The fourth-order valence-electron chi connectivity index (χ4n) is 6.76. The molecule has 5 nitrogen and oxygen atoms in total. The van der Waals surface area contributed by atoms with Gasteiger partial charge < -0.3 is 15.0 Å². The maximum atomic E-state index is 12.5. The molecule has 1 aromatic rings. The van der Waals surface area contributed by atoms with Crippen LogP contribution in [0.5, 0.6) is 0 Å². The second-order valence-electron chi connectivity index (χ2n) is 9.86. The minimum Gasteiger partial charge on any atom is -0.452 e. The van der Waals surface area contributed by atoms with E-state index in [0.29, 0.717) is 5.56 Å². The van der Waals surface area contributed by atoms with Gasteiger partial charge in [0.25, 0.3) is 5.91 Å². The molecule has 1 N–H and O–H groups in total. The second-order valence-corrected chi connectivity index (χ2v) is 9.86. The molecule has 30 heavy (non-hydrogen) atoms. The molecule has 164 valence electrons. The molecule has 1 amide bonds. The number of amides is 1. The van der Waals surface area contributed by atoms with Crippen LogP contribution in [0.3, 0.4) is 0 Å². The van der Waals surface area contributed by atoms with Gasteiger partial charge in [-0.3, -0.25) is 4.79 Å². The Balaban J connectivity index is 1.28. The Morgan fingerprint density at radius 1 is 1.03 bits per heavy atom. The molecule has 5 rings (SSSR count). The summed E-state index contributed by atoms with van der Waals surface area (Å²) in [5, 5.41) is 3.16. The number of rotatable bonds is 8. The molecule has 4 fully saturated rings. The van der Waals surface area contributed by atoms with Crippen molar-refractivity contribution < 1.29 is 14.3 Å². The predicted octanol–water partition coefficient (Wildman–Crippen LogP) is 4.41. The van der Waals surface area contributed by atoms with Crippen LogP contribution in [0.4, 0.5) is 5.69 Å². The van der Waals surface area contributed by atoms with Crippen LogP contribution < -0.4 is 10.2 Å². The van der Waals surface area contributed by atoms with Gasteiger partial charge in [0.05, 0.1) is 5.56 Å². The van der Waals surface area contributed by atoms with E-state index in [1.54, 1.807) is 12.1 Å². The summed E-state index contributed by atoms with van der Waals surface area (Å²) in [5.74, 6) is 1.93. The standard InChI is InChI=1S/C25H36N2O3/c1-4-27(5-2)22-8-6-21(7-9-22)24(29)30-16-23(28)26-17(3)25-13-18-10-19(14-25)12-20(11-18)15-25/h6-9,17-20H,4-5,10-16H2,1-3H3,(H,26,28)/t17-,18?,19?,20?,25?/m0/s1. The van der Waals surface area contributed by atoms with Crippen molar-refractivity contribution >= 4 is 17.6 Å². The molecule has 4 aliphatic rings. The Bertz CT molecular complexity index is 734. The first kappa shape index (κ1) is 21.2. The Morgan fingerprint density at radius 2 is 1.57 bits per heavy atom. The topological polar surface area (TPSA) is 58.6 Å². The molecule has 5 heteroatoms. The lowest BCUT2D eigenvalue weighted by atomic mass is 9.48. The number of hydrogen-bond donors (Lipinski definition) is 1. The summed E-state index contributed by atoms with van der Waals surface area (Å²) in [6, 6.07) is 7.54. The summed E-state index contributed by atoms with van der Waals surface area (Å²) < 4.78 is 5.30. The molecule has 4 aliphatic carbocycles. The highest BCUT2D eigenvalue weighted by molar-refractivity contribution is 5.91. The molecule has 0 aliphatic heterocycles. The highest BCUT2D eigenvalue weighted by atomic mass is 16.5. The van der Waals surface area contributed by atoms with Gasteiger partial charge in [0.2, 0.25) is 0 Å². The molecular weight excluding hydrogens is 376 g/mol. The summed E-state index contributed by atoms with van der Waals surface area (Å²) in [7, 11) is 0. The number of benzene rings is 1. The average Bonchev–Trinajstić information content (AvgIpc) is 2.72. The van der Waals surface area contributed by atoms with Crippen LogP contribution in [0.1, 0.15) is 69.7 Å². The van der Waals surface area contributed by atoms with Gasteiger partial charge in [-0.25, -0.2) is 4.79 Å². The van der Waals surface area contributed by atoms with Gasteiger partial charge in [0.1, 0.15) is 0 Å². The lowest BCUT2D eigenvalue weighted by Gasteiger charge is -2.59. The molecule has 1 aromatic carbocycles. The van der Waals surface area contributed by atoms with Crippen molar-refractivity contribution in [1.82, 2.24) is 5.32 Å². The number of nitrogens with one attached hydrogen (secondary N) is 1. The monoisotopic (exact) mass is 412 g/mol. The van der Waals surface area contributed by atoms with E-state index in [1.807, 2.05) is 12.1 Å². The molecule has 4 bridgehead atoms. The molecule has 4 saturated carbocycles. The number of carbonyl (C=O) groups excluding carboxylic acids is 2. The molecule has 0 heterocycles. The summed E-state index contributed by atoms with van der Waals surface area (Å²) in [6.45, 7) is 7.99. The van der Waals surface area contributed by atoms with E-state index in [2.05, 4.69) is 31.0 Å². The highest BCUT2D eigenvalue weighted by Gasteiger charge is 2.53. The van der Waals surface area contributed by atoms with Gasteiger partial charge in [-0.2, -0.15) is 0 Å². The van der Waals surface area contributed by atoms with E-state index in [1.165, 1.54) is 38.5 Å². The van der Waals surface area contributed by atoms with Gasteiger partial charge in [0.15, 0.2) is 6.61 Å². The molecule has 0 spiro atoms. The summed E-state index contributed by atoms with van der Waals surface area (Å²) in [4.78, 5) is 27.1. The summed E-state index contributed by atoms with van der Waals surface area (Å²) in [5.41, 5.74) is 1.82. The van der Waals surface area contributed by atoms with Gasteiger partial charge in [-0.1, -0.05) is 0 Å². The fourth-order valence-corrected chi connectivity index (χ4v) is 6.76. The van der Waals surface area contributed by atoms with Crippen LogP contribution in [-0.2, 0) is 9.53 Å². The van der Waals surface area contributed by atoms with Crippen LogP contribution >= 0.6 is 0 Å². The van der Waals surface area contributed by atoms with Gasteiger partial charge >= 0.3 is 5.97 Å². The van der Waals surface area contributed by atoms with Gasteiger partial charge in [-0.05, 0) is 107 Å². The number of nitrogens with zero attached hydrogens (tertiary/aromatic N) is 1. The van der Waals surface area contributed by atoms with Crippen LogP contribution in [-0.4, -0.2) is 37.6 Å². The van der Waals surface area contributed by atoms with Crippen molar-refractivity contribution in [2.45, 2.75) is 65.3 Å². The minimum atomic E-state index is -0.446. The maximum absolute atomic E-state index is 12.5. The van der Waals surface area contributed by atoms with E-state index in [4.69, 9.17) is 4.74 Å². The van der Waals surface area contributed by atoms with Crippen molar-refractivity contribution in [3.05, 3.63) is 29.8 Å². The lowest BCUT2D eigenvalue weighted by Crippen LogP contribution is -2.56. The van der Waals surface area contributed by atoms with E-state index in [0.717, 1.165) is 36.5 Å². The van der Waals surface area contributed by atoms with E-state index in [-0.39, 0.29) is 24.0 Å². The van der Waals surface area contributed by atoms with Crippen LogP contribution in [0.25, 0.3) is 0 Å². The third kappa shape index (κ3) is 4.21. The van der Waals surface area contributed by atoms with Crippen LogP contribution in [0.15, 0.2) is 24.3 Å². The number of hydrogen-bond acceptors (Lipinski definition) is 4. The Labute approximate surface area is 180 Å². The zero-order chi connectivity index (χ0) is 21.3. The third-order valence-electron chi connectivity index (χ3n) is 7.95. The fraction of sp³-hybridized carbons (Fsp3) is 0.680. The number of esters is 1. The van der Waals surface area contributed by atoms with E-state index in [9.17, 15) is 9.59 Å². The summed E-state index contributed by atoms with van der Waals surface area (Å²) in [6.07, 6.45) is 7.93. The normalized spacial score (nSPS) is 30.0. The van der Waals surface area contributed by atoms with Crippen LogP contribution in [0.2, 0.25) is 0 Å². The zero-order valence-corrected chi connectivity index (χ0v) is 18.7. The van der Waals surface area contributed by atoms with Gasteiger partial charge in [-0.15, -0.1) is 0 Å². The lowest BCUT2D eigenvalue weighted by molar-refractivity contribution is -0.128. The first-order valence-corrected chi connectivity index (χ1v) is 11.7. The second kappa shape index (κ2) is 8.60. The Kier molecular flexibility index (Phi) is 6.08. The molecule has 0 saturated heterocycles. The number of carbonyl (C=O) groups is 2. The molecular formula is C25H36N2O3. The van der Waals surface area contributed by atoms with Crippen molar-refractivity contribution in [2.24, 2.45) is 23.2 Å². The Hall–Kier alpha value is -2.04. The molecule has 0 radical (unpaired) electrons. The van der Waals surface area contributed by atoms with Gasteiger partial charge in [0, 0.05) is 24.8 Å².